The van der Waals surface area contributed by atoms with E-state index in [1.807, 2.05) is 4.90 Å². The molecule has 0 saturated heterocycles. The zero-order valence-electron chi connectivity index (χ0n) is 13.3. The molecule has 0 spiro atoms. The fourth-order valence-electron chi connectivity index (χ4n) is 2.09. The van der Waals surface area contributed by atoms with Crippen molar-refractivity contribution in [1.29, 1.82) is 0 Å². The van der Waals surface area contributed by atoms with Crippen molar-refractivity contribution >= 4 is 29.9 Å². The molecule has 22 heavy (non-hydrogen) atoms. The van der Waals surface area contributed by atoms with Crippen molar-refractivity contribution in [3.05, 3.63) is 29.8 Å². The van der Waals surface area contributed by atoms with E-state index in [-0.39, 0.29) is 24.2 Å². The molecule has 0 radical (unpaired) electrons. The minimum Gasteiger partial charge on any atom is -0.339 e. The molecule has 5 nitrogen and oxygen atoms in total. The number of carbonyl (C=O) groups excluding carboxylic acids is 2. The summed E-state index contributed by atoms with van der Waals surface area (Å²) in [5.41, 5.74) is 6.66. The highest BCUT2D eigenvalue weighted by molar-refractivity contribution is 5.95. The first kappa shape index (κ1) is 20.4. The number of halogens is 1. The van der Waals surface area contributed by atoms with E-state index in [9.17, 15) is 9.59 Å². The van der Waals surface area contributed by atoms with Gasteiger partial charge in [0.15, 0.2) is 0 Å². The summed E-state index contributed by atoms with van der Waals surface area (Å²) in [7, 11) is 0. The topological polar surface area (TPSA) is 75.4 Å². The van der Waals surface area contributed by atoms with E-state index in [2.05, 4.69) is 19.2 Å². The molecular formula is C16H26ClN3O2. The molecule has 0 aromatic heterocycles. The van der Waals surface area contributed by atoms with Crippen molar-refractivity contribution < 1.29 is 9.59 Å². The minimum absolute atomic E-state index is 0. The molecular weight excluding hydrogens is 302 g/mol. The second-order valence-corrected chi connectivity index (χ2v) is 4.96. The van der Waals surface area contributed by atoms with Crippen LogP contribution in [0.25, 0.3) is 0 Å². The summed E-state index contributed by atoms with van der Waals surface area (Å²) in [5.74, 6) is -0.0753. The normalized spacial score (nSPS) is 9.77. The Balaban J connectivity index is 0.00000441. The van der Waals surface area contributed by atoms with E-state index in [0.717, 1.165) is 25.9 Å². The van der Waals surface area contributed by atoms with Crippen molar-refractivity contribution in [2.45, 2.75) is 33.1 Å². The zero-order chi connectivity index (χ0) is 15.7. The number of hydrogen-bond acceptors (Lipinski definition) is 3. The van der Waals surface area contributed by atoms with E-state index in [4.69, 9.17) is 5.73 Å². The maximum Gasteiger partial charge on any atom is 0.253 e. The zero-order valence-corrected chi connectivity index (χ0v) is 14.1. The van der Waals surface area contributed by atoms with Gasteiger partial charge in [-0.15, -0.1) is 12.4 Å². The standard InChI is InChI=1S/C16H25N3O2.ClH/c1-3-11-19(12-4-2)16(21)13-5-7-14(8-6-13)18-15(20)9-10-17;/h5-8H,3-4,9-12,17H2,1-2H3,(H,18,20);1H. The maximum atomic E-state index is 12.4. The SMILES string of the molecule is CCCN(CCC)C(=O)c1ccc(NC(=O)CCN)cc1.Cl. The molecule has 3 N–H and O–H groups in total. The fourth-order valence-corrected chi connectivity index (χ4v) is 2.09. The molecule has 0 aliphatic carbocycles. The molecule has 0 unspecified atom stereocenters. The van der Waals surface area contributed by atoms with Crippen molar-refractivity contribution in [2.75, 3.05) is 25.0 Å². The summed E-state index contributed by atoms with van der Waals surface area (Å²) < 4.78 is 0. The molecule has 6 heteroatoms. The Morgan fingerprint density at radius 3 is 2.09 bits per heavy atom. The number of nitrogens with two attached hydrogens (primary N) is 1. The Morgan fingerprint density at radius 1 is 1.09 bits per heavy atom. The van der Waals surface area contributed by atoms with Crippen LogP contribution in [-0.2, 0) is 4.79 Å². The van der Waals surface area contributed by atoms with E-state index in [0.29, 0.717) is 24.2 Å². The molecule has 1 aromatic carbocycles. The first-order chi connectivity index (χ1) is 10.1. The number of amides is 2. The predicted octanol–water partition coefficient (Wildman–Crippen LogP) is 2.66. The Hall–Kier alpha value is -1.59. The van der Waals surface area contributed by atoms with E-state index in [1.54, 1.807) is 24.3 Å². The summed E-state index contributed by atoms with van der Waals surface area (Å²) in [6.07, 6.45) is 2.18. The van der Waals surface area contributed by atoms with Crippen LogP contribution in [0.15, 0.2) is 24.3 Å². The lowest BCUT2D eigenvalue weighted by atomic mass is 10.1. The van der Waals surface area contributed by atoms with E-state index in [1.165, 1.54) is 0 Å². The van der Waals surface area contributed by atoms with E-state index >= 15 is 0 Å². The van der Waals surface area contributed by atoms with Crippen LogP contribution in [0.2, 0.25) is 0 Å². The molecule has 0 aliphatic heterocycles. The molecule has 1 aromatic rings. The molecule has 0 heterocycles. The number of anilines is 1. The van der Waals surface area contributed by atoms with Crippen LogP contribution in [-0.4, -0.2) is 36.3 Å². The highest BCUT2D eigenvalue weighted by atomic mass is 35.5. The van der Waals surface area contributed by atoms with Crippen LogP contribution < -0.4 is 11.1 Å². The van der Waals surface area contributed by atoms with Gasteiger partial charge < -0.3 is 16.0 Å². The van der Waals surface area contributed by atoms with Crippen molar-refractivity contribution in [3.8, 4) is 0 Å². The van der Waals surface area contributed by atoms with Crippen molar-refractivity contribution in [2.24, 2.45) is 5.73 Å². The van der Waals surface area contributed by atoms with Gasteiger partial charge in [-0.1, -0.05) is 13.8 Å². The highest BCUT2D eigenvalue weighted by Gasteiger charge is 2.14. The number of carbonyl (C=O) groups is 2. The average molecular weight is 328 g/mol. The Labute approximate surface area is 138 Å². The Morgan fingerprint density at radius 2 is 1.64 bits per heavy atom. The molecule has 1 rings (SSSR count). The van der Waals surface area contributed by atoms with Gasteiger partial charge >= 0.3 is 0 Å². The minimum atomic E-state index is -0.116. The van der Waals surface area contributed by atoms with Gasteiger partial charge in [0.05, 0.1) is 0 Å². The van der Waals surface area contributed by atoms with Gasteiger partial charge in [0.2, 0.25) is 5.91 Å². The maximum absolute atomic E-state index is 12.4. The molecule has 0 aliphatic rings. The summed E-state index contributed by atoms with van der Waals surface area (Å²) in [6.45, 7) is 5.98. The lowest BCUT2D eigenvalue weighted by molar-refractivity contribution is -0.116. The second-order valence-electron chi connectivity index (χ2n) is 4.96. The van der Waals surface area contributed by atoms with Crippen LogP contribution in [0.4, 0.5) is 5.69 Å². The average Bonchev–Trinajstić information content (AvgIpc) is 2.47. The van der Waals surface area contributed by atoms with Crippen LogP contribution in [0.3, 0.4) is 0 Å². The lowest BCUT2D eigenvalue weighted by Crippen LogP contribution is -2.32. The van der Waals surface area contributed by atoms with Crippen molar-refractivity contribution in [3.63, 3.8) is 0 Å². The summed E-state index contributed by atoms with van der Waals surface area (Å²) in [6, 6.07) is 6.99. The molecule has 0 atom stereocenters. The molecule has 124 valence electrons. The van der Waals surface area contributed by atoms with Gasteiger partial charge in [-0.3, -0.25) is 9.59 Å². The van der Waals surface area contributed by atoms with Gasteiger partial charge in [0, 0.05) is 37.3 Å². The van der Waals surface area contributed by atoms with Gasteiger partial charge in [-0.25, -0.2) is 0 Å². The Bertz CT molecular complexity index is 457. The second kappa shape index (κ2) is 11.0. The third-order valence-corrected chi connectivity index (χ3v) is 3.06. The fraction of sp³-hybridized carbons (Fsp3) is 0.500. The number of rotatable bonds is 8. The van der Waals surface area contributed by atoms with Gasteiger partial charge in [-0.05, 0) is 37.1 Å². The smallest absolute Gasteiger partial charge is 0.253 e. The first-order valence-electron chi connectivity index (χ1n) is 7.51. The first-order valence-corrected chi connectivity index (χ1v) is 7.51. The Kier molecular flexibility index (Phi) is 10.2. The van der Waals surface area contributed by atoms with Crippen LogP contribution in [0, 0.1) is 0 Å². The third kappa shape index (κ3) is 6.45. The van der Waals surface area contributed by atoms with Crippen LogP contribution >= 0.6 is 12.4 Å². The van der Waals surface area contributed by atoms with Crippen LogP contribution in [0.5, 0.6) is 0 Å². The van der Waals surface area contributed by atoms with Gasteiger partial charge in [0.25, 0.3) is 5.91 Å². The number of hydrogen-bond donors (Lipinski definition) is 2. The summed E-state index contributed by atoms with van der Waals surface area (Å²) >= 11 is 0. The van der Waals surface area contributed by atoms with Gasteiger partial charge in [0.1, 0.15) is 0 Å². The number of nitrogens with zero attached hydrogens (tertiary/aromatic N) is 1. The largest absolute Gasteiger partial charge is 0.339 e. The summed E-state index contributed by atoms with van der Waals surface area (Å²) in [5, 5.41) is 2.74. The van der Waals surface area contributed by atoms with E-state index < -0.39 is 0 Å². The molecule has 2 amide bonds. The highest BCUT2D eigenvalue weighted by Crippen LogP contribution is 2.12. The predicted molar refractivity (Wildman–Crippen MR) is 92.5 cm³/mol. The molecule has 0 saturated carbocycles. The van der Waals surface area contributed by atoms with Crippen LogP contribution in [0.1, 0.15) is 43.5 Å². The quantitative estimate of drug-likeness (QED) is 0.770. The van der Waals surface area contributed by atoms with Crippen molar-refractivity contribution in [1.82, 2.24) is 4.90 Å². The third-order valence-electron chi connectivity index (χ3n) is 3.06. The van der Waals surface area contributed by atoms with Gasteiger partial charge in [-0.2, -0.15) is 0 Å². The molecule has 0 fully saturated rings. The molecule has 0 bridgehead atoms. The number of benzene rings is 1. The monoisotopic (exact) mass is 327 g/mol. The summed E-state index contributed by atoms with van der Waals surface area (Å²) in [4.78, 5) is 25.7. The lowest BCUT2D eigenvalue weighted by Gasteiger charge is -2.21. The number of nitrogens with one attached hydrogen (secondary N) is 1.